The fourth-order valence-corrected chi connectivity index (χ4v) is 7.25. The van der Waals surface area contributed by atoms with Gasteiger partial charge in [0.15, 0.2) is 34.4 Å². The van der Waals surface area contributed by atoms with Gasteiger partial charge in [0, 0.05) is 27.5 Å². The van der Waals surface area contributed by atoms with E-state index in [1.54, 1.807) is 6.07 Å². The van der Waals surface area contributed by atoms with Gasteiger partial charge in [0.2, 0.25) is 11.8 Å². The van der Waals surface area contributed by atoms with E-state index in [-0.39, 0.29) is 5.56 Å². The molecule has 0 radical (unpaired) electrons. The summed E-state index contributed by atoms with van der Waals surface area (Å²) in [6.07, 6.45) is 0. The number of hydrogen-bond donors (Lipinski definition) is 0. The molecule has 0 aliphatic carbocycles. The van der Waals surface area contributed by atoms with Gasteiger partial charge in [-0.05, 0) is 83.9 Å². The molecule has 10 rings (SSSR count). The lowest BCUT2D eigenvalue weighted by Crippen LogP contribution is -2.02. The molecule has 3 aromatic heterocycles. The topological polar surface area (TPSA) is 61.4 Å². The fraction of sp³-hybridized carbons (Fsp3) is 0. The zero-order valence-corrected chi connectivity index (χ0v) is 28.3. The highest BCUT2D eigenvalue weighted by Crippen LogP contribution is 2.43. The average Bonchev–Trinajstić information content (AvgIpc) is 3.94. The van der Waals surface area contributed by atoms with Gasteiger partial charge >= 0.3 is 0 Å². The van der Waals surface area contributed by atoms with Crippen LogP contribution >= 0.6 is 0 Å². The second kappa shape index (κ2) is 12.3. The van der Waals surface area contributed by atoms with E-state index in [0.29, 0.717) is 39.8 Å². The lowest BCUT2D eigenvalue weighted by molar-refractivity contribution is 0.465. The van der Waals surface area contributed by atoms with Crippen molar-refractivity contribution in [1.29, 1.82) is 0 Å². The third kappa shape index (κ3) is 5.01. The summed E-state index contributed by atoms with van der Waals surface area (Å²) in [5, 5.41) is 1.68. The number of fused-ring (bicyclic) bond motifs is 5. The van der Waals surface area contributed by atoms with E-state index in [0.717, 1.165) is 44.0 Å². The van der Waals surface area contributed by atoms with E-state index in [1.807, 2.05) is 120 Å². The molecule has 10 aromatic rings. The van der Waals surface area contributed by atoms with Crippen LogP contribution in [0.3, 0.4) is 0 Å². The van der Waals surface area contributed by atoms with Crippen LogP contribution in [0.2, 0.25) is 0 Å². The van der Waals surface area contributed by atoms with Crippen molar-refractivity contribution in [3.05, 3.63) is 168 Å². The maximum Gasteiger partial charge on any atom is 0.262 e. The van der Waals surface area contributed by atoms with Crippen molar-refractivity contribution >= 4 is 49.7 Å². The monoisotopic (exact) mass is 726 g/mol. The second-order valence-electron chi connectivity index (χ2n) is 13.0. The molecule has 0 bridgehead atoms. The Kier molecular flexibility index (Phi) is 7.18. The lowest BCUT2D eigenvalue weighted by Gasteiger charge is -2.17. The summed E-state index contributed by atoms with van der Waals surface area (Å²) in [5.41, 5.74) is 5.29. The predicted octanol–water partition coefficient (Wildman–Crippen LogP) is 12.8. The van der Waals surface area contributed by atoms with Crippen LogP contribution in [0.1, 0.15) is 0 Å². The summed E-state index contributed by atoms with van der Waals surface area (Å²) in [5.74, 6) is -5.90. The van der Waals surface area contributed by atoms with Crippen molar-refractivity contribution in [3.8, 4) is 50.8 Å². The minimum atomic E-state index is -1.75. The largest absolute Gasteiger partial charge is 0.436 e. The van der Waals surface area contributed by atoms with Crippen LogP contribution in [-0.4, -0.2) is 14.5 Å². The Bertz CT molecular complexity index is 3000. The van der Waals surface area contributed by atoms with Crippen molar-refractivity contribution in [1.82, 2.24) is 14.5 Å². The molecule has 262 valence electrons. The Morgan fingerprint density at radius 2 is 1.02 bits per heavy atom. The molecule has 0 saturated heterocycles. The smallest absolute Gasteiger partial charge is 0.262 e. The fourth-order valence-electron chi connectivity index (χ4n) is 7.25. The molecule has 0 unspecified atom stereocenters. The van der Waals surface area contributed by atoms with E-state index in [2.05, 4.69) is 4.85 Å². The van der Waals surface area contributed by atoms with E-state index in [1.165, 1.54) is 12.1 Å². The quantitative estimate of drug-likeness (QED) is 0.101. The first-order chi connectivity index (χ1) is 26.9. The molecule has 10 heteroatoms. The molecule has 0 aliphatic rings. The minimum absolute atomic E-state index is 0.107. The van der Waals surface area contributed by atoms with Gasteiger partial charge in [-0.3, -0.25) is 0 Å². The molecule has 0 fully saturated rings. The van der Waals surface area contributed by atoms with Gasteiger partial charge in [-0.15, -0.1) is 0 Å². The standard InChI is InChI=1S/C45H22F4N4O2/c1-50-43-41(48)39(46)38(40(47)42(43)49)25-15-18-33(28(21-25)24-9-3-2-4-10-24)53-34-19-16-26(44-51-31-11-5-7-13-36(31)54-44)22-29(34)30-23-27(17-20-35(30)53)45-52-32-12-6-8-14-37(32)55-45/h2-23H. The van der Waals surface area contributed by atoms with Gasteiger partial charge in [-0.1, -0.05) is 60.7 Å². The summed E-state index contributed by atoms with van der Waals surface area (Å²) in [6, 6.07) is 40.5. The molecule has 0 spiro atoms. The summed E-state index contributed by atoms with van der Waals surface area (Å²) < 4.78 is 74.9. The molecule has 6 nitrogen and oxygen atoms in total. The molecule has 7 aromatic carbocycles. The first-order valence-corrected chi connectivity index (χ1v) is 17.1. The molecule has 0 N–H and O–H groups in total. The van der Waals surface area contributed by atoms with Crippen molar-refractivity contribution < 1.29 is 26.4 Å². The van der Waals surface area contributed by atoms with Gasteiger partial charge in [0.1, 0.15) is 11.0 Å². The molecule has 0 amide bonds. The van der Waals surface area contributed by atoms with Crippen molar-refractivity contribution in [3.63, 3.8) is 0 Å². The Morgan fingerprint density at radius 3 is 1.55 bits per heavy atom. The number of aromatic nitrogens is 3. The maximum absolute atomic E-state index is 15.4. The predicted molar refractivity (Wildman–Crippen MR) is 204 cm³/mol. The van der Waals surface area contributed by atoms with Gasteiger partial charge in [0.25, 0.3) is 5.69 Å². The number of rotatable bonds is 5. The maximum atomic E-state index is 15.4. The number of halogens is 4. The SMILES string of the molecule is [C-]#[N+]c1c(F)c(F)c(-c2ccc(-n3c4ccc(-c5nc6ccccc6o5)cc4c4cc(-c5nc6ccccc6o5)ccc43)c(-c3ccccc3)c2)c(F)c1F. The zero-order valence-electron chi connectivity index (χ0n) is 28.3. The number of para-hydroxylation sites is 4. The van der Waals surface area contributed by atoms with Gasteiger partial charge in [0.05, 0.1) is 28.9 Å². The van der Waals surface area contributed by atoms with Gasteiger partial charge in [-0.25, -0.2) is 32.4 Å². The van der Waals surface area contributed by atoms with E-state index >= 15 is 8.78 Å². The van der Waals surface area contributed by atoms with Crippen LogP contribution in [-0.2, 0) is 0 Å². The highest BCUT2D eigenvalue weighted by atomic mass is 19.2. The number of nitrogens with zero attached hydrogens (tertiary/aromatic N) is 4. The average molecular weight is 727 g/mol. The van der Waals surface area contributed by atoms with Crippen molar-refractivity contribution in [2.24, 2.45) is 0 Å². The van der Waals surface area contributed by atoms with E-state index < -0.39 is 34.5 Å². The first-order valence-electron chi connectivity index (χ1n) is 17.1. The third-order valence-electron chi connectivity index (χ3n) is 9.81. The normalized spacial score (nSPS) is 11.6. The van der Waals surface area contributed by atoms with Crippen molar-refractivity contribution in [2.75, 3.05) is 0 Å². The van der Waals surface area contributed by atoms with Crippen LogP contribution in [0.5, 0.6) is 0 Å². The molecule has 0 aliphatic heterocycles. The molecule has 0 saturated carbocycles. The number of benzene rings is 7. The Hall–Kier alpha value is -7.51. The number of hydrogen-bond acceptors (Lipinski definition) is 4. The summed E-state index contributed by atoms with van der Waals surface area (Å²) in [4.78, 5) is 12.1. The molecule has 0 atom stereocenters. The molecule has 3 heterocycles. The van der Waals surface area contributed by atoms with Gasteiger partial charge < -0.3 is 13.4 Å². The minimum Gasteiger partial charge on any atom is -0.436 e. The Balaban J connectivity index is 1.24. The summed E-state index contributed by atoms with van der Waals surface area (Å²) in [7, 11) is 0. The second-order valence-corrected chi connectivity index (χ2v) is 13.0. The molecular weight excluding hydrogens is 705 g/mol. The van der Waals surface area contributed by atoms with Crippen LogP contribution < -0.4 is 0 Å². The van der Waals surface area contributed by atoms with Crippen LogP contribution in [0.15, 0.2) is 142 Å². The summed E-state index contributed by atoms with van der Waals surface area (Å²) in [6.45, 7) is 7.05. The lowest BCUT2D eigenvalue weighted by atomic mass is 9.96. The van der Waals surface area contributed by atoms with Crippen LogP contribution in [0.4, 0.5) is 23.2 Å². The van der Waals surface area contributed by atoms with Crippen LogP contribution in [0.25, 0.3) is 99.7 Å². The van der Waals surface area contributed by atoms with Crippen LogP contribution in [0, 0.1) is 29.8 Å². The highest BCUT2D eigenvalue weighted by Gasteiger charge is 2.28. The molecular formula is C45H22F4N4O2. The van der Waals surface area contributed by atoms with E-state index in [9.17, 15) is 8.78 Å². The Labute approximate surface area is 309 Å². The van der Waals surface area contributed by atoms with Gasteiger partial charge in [-0.2, -0.15) is 0 Å². The Morgan fingerprint density at radius 1 is 0.509 bits per heavy atom. The number of oxazole rings is 2. The zero-order chi connectivity index (χ0) is 37.4. The summed E-state index contributed by atoms with van der Waals surface area (Å²) >= 11 is 0. The van der Waals surface area contributed by atoms with E-state index in [4.69, 9.17) is 25.4 Å². The first kappa shape index (κ1) is 32.2. The highest BCUT2D eigenvalue weighted by molar-refractivity contribution is 6.12. The van der Waals surface area contributed by atoms with Crippen molar-refractivity contribution in [2.45, 2.75) is 0 Å². The third-order valence-corrected chi connectivity index (χ3v) is 9.81. The molecule has 55 heavy (non-hydrogen) atoms.